The van der Waals surface area contributed by atoms with Gasteiger partial charge in [0.05, 0.1) is 24.2 Å². The molecule has 2 atom stereocenters. The Bertz CT molecular complexity index is 730. The van der Waals surface area contributed by atoms with E-state index in [-0.39, 0.29) is 17.1 Å². The number of carbonyl (C=O) groups excluding carboxylic acids is 1. The molecule has 0 bridgehead atoms. The number of hydrogen-bond donors (Lipinski definition) is 2. The van der Waals surface area contributed by atoms with E-state index in [1.54, 1.807) is 13.8 Å². The Morgan fingerprint density at radius 1 is 1.24 bits per heavy atom. The van der Waals surface area contributed by atoms with Gasteiger partial charge in [-0.15, -0.1) is 0 Å². The van der Waals surface area contributed by atoms with Gasteiger partial charge >= 0.3 is 11.9 Å². The summed E-state index contributed by atoms with van der Waals surface area (Å²) in [6.45, 7) is 3.49. The summed E-state index contributed by atoms with van der Waals surface area (Å²) in [7, 11) is -1.55. The number of carbonyl (C=O) groups is 2. The topological polar surface area (TPSA) is 119 Å². The quantitative estimate of drug-likeness (QED) is 0.628. The lowest BCUT2D eigenvalue weighted by Gasteiger charge is -2.20. The van der Waals surface area contributed by atoms with E-state index >= 15 is 0 Å². The second kappa shape index (κ2) is 8.93. The fourth-order valence-corrected chi connectivity index (χ4v) is 3.57. The molecule has 0 saturated heterocycles. The van der Waals surface area contributed by atoms with Crippen LogP contribution in [0.3, 0.4) is 0 Å². The maximum Gasteiger partial charge on any atom is 0.337 e. The zero-order valence-electron chi connectivity index (χ0n) is 14.6. The number of ether oxygens (including phenoxy) is 2. The maximum absolute atomic E-state index is 12.6. The fraction of sp³-hybridized carbons (Fsp3) is 0.500. The van der Waals surface area contributed by atoms with Crippen molar-refractivity contribution in [1.82, 2.24) is 4.72 Å². The summed E-state index contributed by atoms with van der Waals surface area (Å²) in [6, 6.07) is 2.65. The first-order valence-corrected chi connectivity index (χ1v) is 9.10. The van der Waals surface area contributed by atoms with Crippen LogP contribution in [0.2, 0.25) is 0 Å². The Balaban J connectivity index is 3.33. The number of hydrogen-bond acceptors (Lipinski definition) is 6. The number of nitrogens with one attached hydrogen (secondary N) is 1. The van der Waals surface area contributed by atoms with Crippen molar-refractivity contribution in [3.8, 4) is 0 Å². The van der Waals surface area contributed by atoms with Crippen LogP contribution < -0.4 is 4.72 Å². The van der Waals surface area contributed by atoms with Crippen LogP contribution in [0, 0.1) is 5.92 Å². The van der Waals surface area contributed by atoms with Gasteiger partial charge in [0.25, 0.3) is 0 Å². The highest BCUT2D eigenvalue weighted by Gasteiger charge is 2.30. The molecule has 9 heteroatoms. The van der Waals surface area contributed by atoms with E-state index in [1.165, 1.54) is 26.4 Å². The molecule has 0 aromatic heterocycles. The van der Waals surface area contributed by atoms with Gasteiger partial charge in [0.15, 0.2) is 0 Å². The Kier molecular flexibility index (Phi) is 7.53. The average molecular weight is 373 g/mol. The highest BCUT2D eigenvalue weighted by atomic mass is 32.2. The summed E-state index contributed by atoms with van der Waals surface area (Å²) in [6.07, 6.45) is 0.483. The highest BCUT2D eigenvalue weighted by Crippen LogP contribution is 2.19. The molecule has 1 aromatic rings. The van der Waals surface area contributed by atoms with Crippen molar-refractivity contribution in [2.24, 2.45) is 5.92 Å². The van der Waals surface area contributed by atoms with Gasteiger partial charge in [-0.05, 0) is 29.7 Å². The number of methoxy groups -OCH3 is 2. The smallest absolute Gasteiger partial charge is 0.337 e. The first kappa shape index (κ1) is 21.1. The van der Waals surface area contributed by atoms with Gasteiger partial charge in [-0.25, -0.2) is 13.2 Å². The second-order valence-corrected chi connectivity index (χ2v) is 7.33. The van der Waals surface area contributed by atoms with Crippen LogP contribution in [0.4, 0.5) is 0 Å². The molecular weight excluding hydrogens is 350 g/mol. The van der Waals surface area contributed by atoms with Gasteiger partial charge in [0.1, 0.15) is 6.04 Å². The Morgan fingerprint density at radius 3 is 2.36 bits per heavy atom. The molecule has 8 nitrogen and oxygen atoms in total. The van der Waals surface area contributed by atoms with Crippen molar-refractivity contribution in [1.29, 1.82) is 0 Å². The Labute approximate surface area is 147 Å². The lowest BCUT2D eigenvalue weighted by Crippen LogP contribution is -2.44. The molecule has 0 saturated carbocycles. The van der Waals surface area contributed by atoms with Gasteiger partial charge in [0.2, 0.25) is 10.0 Å². The molecular formula is C16H23NO7S. The minimum atomic E-state index is -4.16. The van der Waals surface area contributed by atoms with Crippen molar-refractivity contribution >= 4 is 22.0 Å². The van der Waals surface area contributed by atoms with E-state index in [0.29, 0.717) is 12.0 Å². The number of carboxylic acids is 1. The summed E-state index contributed by atoms with van der Waals surface area (Å²) in [5.41, 5.74) is 0.481. The molecule has 0 radical (unpaired) electrons. The molecule has 2 N–H and O–H groups in total. The number of rotatable bonds is 9. The summed E-state index contributed by atoms with van der Waals surface area (Å²) >= 11 is 0. The van der Waals surface area contributed by atoms with Gasteiger partial charge in [-0.3, -0.25) is 4.79 Å². The monoisotopic (exact) mass is 373 g/mol. The van der Waals surface area contributed by atoms with Gasteiger partial charge < -0.3 is 14.6 Å². The minimum Gasteiger partial charge on any atom is -0.480 e. The molecule has 1 rings (SSSR count). The Hall–Kier alpha value is -1.97. The van der Waals surface area contributed by atoms with Crippen molar-refractivity contribution in [3.05, 3.63) is 29.3 Å². The third kappa shape index (κ3) is 5.52. The molecule has 0 aliphatic rings. The van der Waals surface area contributed by atoms with E-state index in [9.17, 15) is 23.1 Å². The van der Waals surface area contributed by atoms with Crippen molar-refractivity contribution in [2.75, 3.05) is 14.2 Å². The zero-order valence-corrected chi connectivity index (χ0v) is 15.4. The van der Waals surface area contributed by atoms with Crippen molar-refractivity contribution in [3.63, 3.8) is 0 Å². The predicted molar refractivity (Wildman–Crippen MR) is 89.7 cm³/mol. The van der Waals surface area contributed by atoms with Crippen molar-refractivity contribution in [2.45, 2.75) is 37.8 Å². The molecule has 25 heavy (non-hydrogen) atoms. The van der Waals surface area contributed by atoms with Gasteiger partial charge in [-0.2, -0.15) is 4.72 Å². The number of aliphatic carboxylic acids is 1. The summed E-state index contributed by atoms with van der Waals surface area (Å²) in [5.74, 6) is -2.38. The van der Waals surface area contributed by atoms with Crippen LogP contribution in [-0.4, -0.2) is 45.7 Å². The molecule has 0 fully saturated rings. The van der Waals surface area contributed by atoms with Crippen molar-refractivity contribution < 1.29 is 32.6 Å². The fourth-order valence-electron chi connectivity index (χ4n) is 2.18. The molecule has 0 amide bonds. The second-order valence-electron chi connectivity index (χ2n) is 5.61. The van der Waals surface area contributed by atoms with E-state index in [0.717, 1.165) is 6.07 Å². The largest absolute Gasteiger partial charge is 0.480 e. The summed E-state index contributed by atoms with van der Waals surface area (Å²) in [4.78, 5) is 22.9. The van der Waals surface area contributed by atoms with E-state index in [4.69, 9.17) is 4.74 Å². The minimum absolute atomic E-state index is 0.0350. The normalized spacial score (nSPS) is 13.9. The standard InChI is InChI=1S/C16H23NO7S/c1-5-10(2)14(15(18)19)17-25(21,22)13-7-11(9-23-3)6-12(8-13)16(20)24-4/h6-8,10,14,17H,5,9H2,1-4H3,(H,18,19)/t10-,14-/m0/s1. The number of sulfonamides is 1. The Morgan fingerprint density at radius 2 is 1.88 bits per heavy atom. The first-order chi connectivity index (χ1) is 11.7. The molecule has 0 heterocycles. The first-order valence-electron chi connectivity index (χ1n) is 7.62. The third-order valence-electron chi connectivity index (χ3n) is 3.77. The molecule has 1 aromatic carbocycles. The summed E-state index contributed by atoms with van der Waals surface area (Å²) in [5, 5.41) is 9.28. The van der Waals surface area contributed by atoms with Crippen LogP contribution in [0.1, 0.15) is 36.2 Å². The number of carboxylic acid groups (broad SMARTS) is 1. The van der Waals surface area contributed by atoms with E-state index in [2.05, 4.69) is 9.46 Å². The molecule has 140 valence electrons. The lowest BCUT2D eigenvalue weighted by molar-refractivity contribution is -0.140. The van der Waals surface area contributed by atoms with Crippen LogP contribution >= 0.6 is 0 Å². The maximum atomic E-state index is 12.6. The number of benzene rings is 1. The molecule has 0 unspecified atom stereocenters. The third-order valence-corrected chi connectivity index (χ3v) is 5.19. The van der Waals surface area contributed by atoms with Crippen LogP contribution in [-0.2, 0) is 30.9 Å². The lowest BCUT2D eigenvalue weighted by atomic mass is 10.0. The predicted octanol–water partition coefficient (Wildman–Crippen LogP) is 1.40. The molecule has 0 spiro atoms. The zero-order chi connectivity index (χ0) is 19.2. The van der Waals surface area contributed by atoms with Crippen LogP contribution in [0.5, 0.6) is 0 Å². The van der Waals surface area contributed by atoms with E-state index < -0.39 is 33.9 Å². The highest BCUT2D eigenvalue weighted by molar-refractivity contribution is 7.89. The SMILES string of the molecule is CC[C@H](C)[C@H](NS(=O)(=O)c1cc(COC)cc(C(=O)OC)c1)C(=O)O. The summed E-state index contributed by atoms with van der Waals surface area (Å²) < 4.78 is 37.0. The molecule has 0 aliphatic carbocycles. The van der Waals surface area contributed by atoms with Gasteiger partial charge in [0, 0.05) is 7.11 Å². The van der Waals surface area contributed by atoms with E-state index in [1.807, 2.05) is 0 Å². The molecule has 0 aliphatic heterocycles. The van der Waals surface area contributed by atoms with Gasteiger partial charge in [-0.1, -0.05) is 20.3 Å². The van der Waals surface area contributed by atoms with Crippen LogP contribution in [0.15, 0.2) is 23.1 Å². The average Bonchev–Trinajstić information content (AvgIpc) is 2.58. The van der Waals surface area contributed by atoms with Crippen LogP contribution in [0.25, 0.3) is 0 Å². The number of esters is 1.